The van der Waals surface area contributed by atoms with Gasteiger partial charge in [0.05, 0.1) is 11.2 Å². The van der Waals surface area contributed by atoms with Crippen molar-refractivity contribution in [3.63, 3.8) is 0 Å². The quantitative estimate of drug-likeness (QED) is 0.534. The van der Waals surface area contributed by atoms with E-state index < -0.39 is 5.97 Å². The number of carboxylic acids is 1. The summed E-state index contributed by atoms with van der Waals surface area (Å²) < 4.78 is 7.74. The molecule has 1 fully saturated rings. The summed E-state index contributed by atoms with van der Waals surface area (Å²) in [7, 11) is 0. The predicted molar refractivity (Wildman–Crippen MR) is 120 cm³/mol. The van der Waals surface area contributed by atoms with E-state index in [1.165, 1.54) is 0 Å². The van der Waals surface area contributed by atoms with Crippen molar-refractivity contribution in [1.29, 1.82) is 0 Å². The van der Waals surface area contributed by atoms with E-state index in [4.69, 9.17) is 21.4 Å². The number of carboxylic acid groups (broad SMARTS) is 1. The number of fused-ring (bicyclic) bond motifs is 1. The molecule has 0 saturated carbocycles. The first-order valence-corrected chi connectivity index (χ1v) is 10.3. The van der Waals surface area contributed by atoms with Gasteiger partial charge in [-0.05, 0) is 68.8 Å². The summed E-state index contributed by atoms with van der Waals surface area (Å²) in [6.07, 6.45) is 3.11. The molecular formula is C22H25Cl2N3O3. The zero-order valence-corrected chi connectivity index (χ0v) is 18.1. The maximum Gasteiger partial charge on any atom is 0.303 e. The first-order valence-electron chi connectivity index (χ1n) is 9.94. The molecule has 8 heteroatoms. The highest BCUT2D eigenvalue weighted by molar-refractivity contribution is 6.34. The van der Waals surface area contributed by atoms with Crippen LogP contribution in [0.25, 0.3) is 16.6 Å². The van der Waals surface area contributed by atoms with Gasteiger partial charge in [-0.1, -0.05) is 23.7 Å². The van der Waals surface area contributed by atoms with Crippen LogP contribution in [0.5, 0.6) is 5.75 Å². The van der Waals surface area contributed by atoms with Gasteiger partial charge in [0.2, 0.25) is 0 Å². The standard InChI is InChI=1S/C22H24ClN3O3.ClH/c23-22-19-6-1-2-7-20(19)24-26(22)16-9-11-18(12-10-16)29-15-17-5-3-13-25(17)14-4-8-21(27)28;/h1-2,6-7,9-12,17H,3-5,8,13-15H2,(H,27,28);1H/t17-;/m1./s1. The lowest BCUT2D eigenvalue weighted by atomic mass is 10.2. The fourth-order valence-electron chi connectivity index (χ4n) is 3.86. The second-order valence-electron chi connectivity index (χ2n) is 7.35. The maximum absolute atomic E-state index is 10.7. The Bertz CT molecular complexity index is 991. The fourth-order valence-corrected chi connectivity index (χ4v) is 4.15. The van der Waals surface area contributed by atoms with Crippen molar-refractivity contribution in [1.82, 2.24) is 14.7 Å². The van der Waals surface area contributed by atoms with Gasteiger partial charge < -0.3 is 9.84 Å². The van der Waals surface area contributed by atoms with Crippen LogP contribution >= 0.6 is 24.0 Å². The molecule has 1 aliphatic rings. The minimum absolute atomic E-state index is 0. The number of rotatable bonds is 8. The molecule has 0 aliphatic carbocycles. The van der Waals surface area contributed by atoms with Crippen molar-refractivity contribution in [3.8, 4) is 11.4 Å². The summed E-state index contributed by atoms with van der Waals surface area (Å²) in [6, 6.07) is 15.9. The molecule has 4 rings (SSSR count). The lowest BCUT2D eigenvalue weighted by molar-refractivity contribution is -0.137. The van der Waals surface area contributed by atoms with Crippen molar-refractivity contribution in [2.75, 3.05) is 19.7 Å². The van der Waals surface area contributed by atoms with E-state index in [0.29, 0.717) is 24.2 Å². The SMILES string of the molecule is Cl.O=C(O)CCCN1CCC[C@@H]1COc1ccc(-n2nc3ccccc3c2Cl)cc1. The Morgan fingerprint density at radius 2 is 1.97 bits per heavy atom. The molecule has 1 aromatic heterocycles. The Morgan fingerprint density at radius 1 is 1.20 bits per heavy atom. The average Bonchev–Trinajstić information content (AvgIpc) is 3.31. The Kier molecular flexibility index (Phi) is 7.58. The van der Waals surface area contributed by atoms with Crippen molar-refractivity contribution in [2.24, 2.45) is 0 Å². The molecule has 0 radical (unpaired) electrons. The molecule has 1 atom stereocenters. The Morgan fingerprint density at radius 3 is 2.70 bits per heavy atom. The third-order valence-corrected chi connectivity index (χ3v) is 5.74. The number of aliphatic carboxylic acids is 1. The van der Waals surface area contributed by atoms with E-state index >= 15 is 0 Å². The molecule has 1 N–H and O–H groups in total. The molecular weight excluding hydrogens is 425 g/mol. The van der Waals surface area contributed by atoms with Crippen LogP contribution in [0.1, 0.15) is 25.7 Å². The number of hydrogen-bond donors (Lipinski definition) is 1. The van der Waals surface area contributed by atoms with E-state index in [1.807, 2.05) is 48.5 Å². The maximum atomic E-state index is 10.7. The molecule has 0 amide bonds. The number of halogens is 2. The van der Waals surface area contributed by atoms with Crippen molar-refractivity contribution >= 4 is 40.9 Å². The van der Waals surface area contributed by atoms with Crippen molar-refractivity contribution in [2.45, 2.75) is 31.7 Å². The lowest BCUT2D eigenvalue weighted by Crippen LogP contribution is -2.35. The Balaban J connectivity index is 0.00000256. The summed E-state index contributed by atoms with van der Waals surface area (Å²) in [5, 5.41) is 14.9. The first-order chi connectivity index (χ1) is 14.1. The number of aromatic nitrogens is 2. The van der Waals surface area contributed by atoms with Crippen LogP contribution in [0.15, 0.2) is 48.5 Å². The van der Waals surface area contributed by atoms with Gasteiger partial charge in [-0.15, -0.1) is 12.4 Å². The number of carbonyl (C=O) groups is 1. The molecule has 6 nitrogen and oxygen atoms in total. The number of nitrogens with zero attached hydrogens (tertiary/aromatic N) is 3. The van der Waals surface area contributed by atoms with Gasteiger partial charge in [-0.25, -0.2) is 4.68 Å². The molecule has 2 aromatic carbocycles. The van der Waals surface area contributed by atoms with Gasteiger partial charge >= 0.3 is 5.97 Å². The summed E-state index contributed by atoms with van der Waals surface area (Å²) in [5.74, 6) is 0.0706. The second-order valence-corrected chi connectivity index (χ2v) is 7.71. The summed E-state index contributed by atoms with van der Waals surface area (Å²) in [5.41, 5.74) is 1.75. The zero-order valence-electron chi connectivity index (χ0n) is 16.5. The molecule has 30 heavy (non-hydrogen) atoms. The summed E-state index contributed by atoms with van der Waals surface area (Å²) in [4.78, 5) is 13.0. The number of ether oxygens (including phenoxy) is 1. The van der Waals surface area contributed by atoms with Crippen molar-refractivity contribution < 1.29 is 14.6 Å². The summed E-state index contributed by atoms with van der Waals surface area (Å²) >= 11 is 6.48. The topological polar surface area (TPSA) is 67.6 Å². The van der Waals surface area contributed by atoms with Gasteiger partial charge in [0.1, 0.15) is 17.5 Å². The van der Waals surface area contributed by atoms with Gasteiger partial charge in [0, 0.05) is 17.8 Å². The van der Waals surface area contributed by atoms with Crippen LogP contribution < -0.4 is 4.74 Å². The van der Waals surface area contributed by atoms with Gasteiger partial charge in [-0.3, -0.25) is 9.69 Å². The van der Waals surface area contributed by atoms with Crippen LogP contribution in [0.3, 0.4) is 0 Å². The van der Waals surface area contributed by atoms with E-state index in [9.17, 15) is 4.79 Å². The van der Waals surface area contributed by atoms with Crippen molar-refractivity contribution in [3.05, 3.63) is 53.7 Å². The fraction of sp³-hybridized carbons (Fsp3) is 0.364. The lowest BCUT2D eigenvalue weighted by Gasteiger charge is -2.24. The smallest absolute Gasteiger partial charge is 0.303 e. The zero-order chi connectivity index (χ0) is 20.2. The van der Waals surface area contributed by atoms with Crippen LogP contribution in [0.2, 0.25) is 5.15 Å². The summed E-state index contributed by atoms with van der Waals surface area (Å²) in [6.45, 7) is 2.43. The van der Waals surface area contributed by atoms with Crippen LogP contribution in [-0.4, -0.2) is 51.5 Å². The van der Waals surface area contributed by atoms with Crippen LogP contribution in [0, 0.1) is 0 Å². The number of hydrogen-bond acceptors (Lipinski definition) is 4. The molecule has 1 saturated heterocycles. The third kappa shape index (κ3) is 5.06. The second kappa shape index (κ2) is 10.2. The Labute approximate surface area is 186 Å². The largest absolute Gasteiger partial charge is 0.492 e. The highest BCUT2D eigenvalue weighted by atomic mass is 35.5. The van der Waals surface area contributed by atoms with E-state index in [0.717, 1.165) is 48.3 Å². The monoisotopic (exact) mass is 449 g/mol. The molecule has 2 heterocycles. The van der Waals surface area contributed by atoms with Gasteiger partial charge in [0.25, 0.3) is 0 Å². The minimum Gasteiger partial charge on any atom is -0.492 e. The minimum atomic E-state index is -0.734. The van der Waals surface area contributed by atoms with E-state index in [2.05, 4.69) is 10.00 Å². The van der Waals surface area contributed by atoms with Crippen LogP contribution in [-0.2, 0) is 4.79 Å². The van der Waals surface area contributed by atoms with Gasteiger partial charge in [-0.2, -0.15) is 5.10 Å². The molecule has 0 unspecified atom stereocenters. The molecule has 160 valence electrons. The normalized spacial score (nSPS) is 16.5. The molecule has 0 bridgehead atoms. The van der Waals surface area contributed by atoms with E-state index in [1.54, 1.807) is 4.68 Å². The molecule has 0 spiro atoms. The van der Waals surface area contributed by atoms with Gasteiger partial charge in [0.15, 0.2) is 0 Å². The Hall–Kier alpha value is -2.28. The highest BCUT2D eigenvalue weighted by Gasteiger charge is 2.24. The molecule has 3 aromatic rings. The average molecular weight is 450 g/mol. The first kappa shape index (κ1) is 22.4. The highest BCUT2D eigenvalue weighted by Crippen LogP contribution is 2.27. The molecule has 1 aliphatic heterocycles. The number of benzene rings is 2. The number of likely N-dealkylation sites (tertiary alicyclic amines) is 1. The van der Waals surface area contributed by atoms with Crippen LogP contribution in [0.4, 0.5) is 0 Å². The third-order valence-electron chi connectivity index (χ3n) is 5.38. The predicted octanol–water partition coefficient (Wildman–Crippen LogP) is 4.81. The van der Waals surface area contributed by atoms with E-state index in [-0.39, 0.29) is 18.8 Å².